The molecule has 0 aromatic heterocycles. The Hall–Kier alpha value is -2.89. The first-order valence-electron chi connectivity index (χ1n) is 9.40. The molecule has 148 valence electrons. The maximum Gasteiger partial charge on any atom is 0.318 e. The van der Waals surface area contributed by atoms with E-state index < -0.39 is 0 Å². The van der Waals surface area contributed by atoms with Gasteiger partial charge in [0.05, 0.1) is 12.3 Å². The molecule has 1 N–H and O–H groups in total. The summed E-state index contributed by atoms with van der Waals surface area (Å²) in [6.07, 6.45) is 0.328. The van der Waals surface area contributed by atoms with Crippen LogP contribution in [-0.2, 0) is 11.4 Å². The first-order chi connectivity index (χ1) is 13.3. The molecule has 5 nitrogen and oxygen atoms in total. The quantitative estimate of drug-likeness (QED) is 0.836. The van der Waals surface area contributed by atoms with E-state index in [2.05, 4.69) is 10.5 Å². The molecule has 1 atom stereocenters. The van der Waals surface area contributed by atoms with Gasteiger partial charge in [0.1, 0.15) is 5.82 Å². The summed E-state index contributed by atoms with van der Waals surface area (Å²) >= 11 is 0. The highest BCUT2D eigenvalue weighted by Gasteiger charge is 2.28. The smallest absolute Gasteiger partial charge is 0.318 e. The Bertz CT molecular complexity index is 829. The van der Waals surface area contributed by atoms with Gasteiger partial charge in [-0.3, -0.25) is 0 Å². The molecule has 0 unspecified atom stereocenters. The molecule has 0 radical (unpaired) electrons. The summed E-state index contributed by atoms with van der Waals surface area (Å²) < 4.78 is 13.1. The number of nitrogens with zero attached hydrogens (tertiary/aromatic N) is 2. The number of hydrogen-bond donors (Lipinski definition) is 1. The number of benzene rings is 2. The van der Waals surface area contributed by atoms with E-state index in [0.29, 0.717) is 19.5 Å². The standard InChI is InChI=1S/C22H26FN3O2/c1-22(2,3)24-21(27)26(14-16-7-5-4-6-8-16)15-19-13-20(25-28-19)17-9-11-18(23)12-10-17/h4-12,19H,13-15H2,1-3H3,(H,24,27)/t19-/m0/s1. The van der Waals surface area contributed by atoms with Crippen LogP contribution in [0.3, 0.4) is 0 Å². The lowest BCUT2D eigenvalue weighted by molar-refractivity contribution is 0.0580. The van der Waals surface area contributed by atoms with Gasteiger partial charge in [0.15, 0.2) is 6.10 Å². The third kappa shape index (κ3) is 5.55. The summed E-state index contributed by atoms with van der Waals surface area (Å²) in [6, 6.07) is 15.9. The molecule has 0 bridgehead atoms. The molecule has 6 heteroatoms. The minimum atomic E-state index is -0.335. The molecular weight excluding hydrogens is 357 g/mol. The topological polar surface area (TPSA) is 53.9 Å². The molecule has 3 rings (SSSR count). The number of hydrogen-bond acceptors (Lipinski definition) is 3. The zero-order valence-corrected chi connectivity index (χ0v) is 16.5. The van der Waals surface area contributed by atoms with E-state index in [4.69, 9.17) is 4.84 Å². The van der Waals surface area contributed by atoms with Crippen LogP contribution in [-0.4, -0.2) is 34.8 Å². The van der Waals surface area contributed by atoms with E-state index in [1.807, 2.05) is 51.1 Å². The number of nitrogens with one attached hydrogen (secondary N) is 1. The molecule has 1 aliphatic rings. The third-order valence-corrected chi connectivity index (χ3v) is 4.32. The van der Waals surface area contributed by atoms with Crippen molar-refractivity contribution in [1.29, 1.82) is 0 Å². The van der Waals surface area contributed by atoms with Gasteiger partial charge in [0, 0.05) is 18.5 Å². The van der Waals surface area contributed by atoms with Gasteiger partial charge in [-0.1, -0.05) is 47.6 Å². The summed E-state index contributed by atoms with van der Waals surface area (Å²) in [5.74, 6) is -0.285. The van der Waals surface area contributed by atoms with Gasteiger partial charge in [0.2, 0.25) is 0 Å². The largest absolute Gasteiger partial charge is 0.390 e. The molecule has 2 aromatic carbocycles. The van der Waals surface area contributed by atoms with E-state index in [9.17, 15) is 9.18 Å². The molecule has 2 aromatic rings. The van der Waals surface area contributed by atoms with Crippen molar-refractivity contribution in [2.24, 2.45) is 5.16 Å². The monoisotopic (exact) mass is 383 g/mol. The van der Waals surface area contributed by atoms with Gasteiger partial charge < -0.3 is 15.1 Å². The summed E-state index contributed by atoms with van der Waals surface area (Å²) in [7, 11) is 0. The van der Waals surface area contributed by atoms with Crippen LogP contribution in [0.15, 0.2) is 59.8 Å². The Balaban J connectivity index is 1.67. The summed E-state index contributed by atoms with van der Waals surface area (Å²) in [4.78, 5) is 20.1. The van der Waals surface area contributed by atoms with Crippen molar-refractivity contribution in [3.05, 3.63) is 71.5 Å². The van der Waals surface area contributed by atoms with Gasteiger partial charge in [-0.2, -0.15) is 0 Å². The fourth-order valence-corrected chi connectivity index (χ4v) is 3.01. The second kappa shape index (κ2) is 8.42. The van der Waals surface area contributed by atoms with Crippen LogP contribution in [0.4, 0.5) is 9.18 Å². The van der Waals surface area contributed by atoms with E-state index in [-0.39, 0.29) is 23.5 Å². The fraction of sp³-hybridized carbons (Fsp3) is 0.364. The van der Waals surface area contributed by atoms with Crippen molar-refractivity contribution in [2.45, 2.75) is 45.4 Å². The number of oxime groups is 1. The Morgan fingerprint density at radius 1 is 1.18 bits per heavy atom. The minimum absolute atomic E-state index is 0.143. The highest BCUT2D eigenvalue weighted by atomic mass is 19.1. The molecule has 0 aliphatic carbocycles. The van der Waals surface area contributed by atoms with Crippen LogP contribution in [0.25, 0.3) is 0 Å². The zero-order chi connectivity index (χ0) is 20.1. The fourth-order valence-electron chi connectivity index (χ4n) is 3.01. The van der Waals surface area contributed by atoms with Gasteiger partial charge in [-0.05, 0) is 44.0 Å². The van der Waals surface area contributed by atoms with Crippen molar-refractivity contribution in [2.75, 3.05) is 6.54 Å². The Labute approximate surface area is 165 Å². The van der Waals surface area contributed by atoms with Crippen LogP contribution in [0.2, 0.25) is 0 Å². The van der Waals surface area contributed by atoms with Crippen LogP contribution in [0.5, 0.6) is 0 Å². The maximum atomic E-state index is 13.1. The molecule has 0 saturated carbocycles. The zero-order valence-electron chi connectivity index (χ0n) is 16.5. The number of amides is 2. The predicted octanol–water partition coefficient (Wildman–Crippen LogP) is 4.33. The highest BCUT2D eigenvalue weighted by molar-refractivity contribution is 6.01. The highest BCUT2D eigenvalue weighted by Crippen LogP contribution is 2.19. The third-order valence-electron chi connectivity index (χ3n) is 4.32. The number of urea groups is 1. The molecule has 28 heavy (non-hydrogen) atoms. The van der Waals surface area contributed by atoms with Crippen LogP contribution in [0.1, 0.15) is 38.3 Å². The summed E-state index contributed by atoms with van der Waals surface area (Å²) in [6.45, 7) is 6.74. The van der Waals surface area contributed by atoms with Crippen molar-refractivity contribution in [1.82, 2.24) is 10.2 Å². The number of carbonyl (C=O) groups excluding carboxylic acids is 1. The van der Waals surface area contributed by atoms with Crippen molar-refractivity contribution >= 4 is 11.7 Å². The summed E-state index contributed by atoms with van der Waals surface area (Å²) in [5, 5.41) is 7.16. The molecule has 0 saturated heterocycles. The minimum Gasteiger partial charge on any atom is -0.390 e. The van der Waals surface area contributed by atoms with Crippen LogP contribution in [0, 0.1) is 5.82 Å². The average molecular weight is 383 g/mol. The van der Waals surface area contributed by atoms with Gasteiger partial charge in [-0.25, -0.2) is 9.18 Å². The lowest BCUT2D eigenvalue weighted by atomic mass is 10.0. The van der Waals surface area contributed by atoms with Gasteiger partial charge in [0.25, 0.3) is 0 Å². The molecule has 1 heterocycles. The lowest BCUT2D eigenvalue weighted by Gasteiger charge is -2.29. The number of carbonyl (C=O) groups is 1. The van der Waals surface area contributed by atoms with Crippen molar-refractivity contribution < 1.29 is 14.0 Å². The molecule has 2 amide bonds. The first-order valence-corrected chi connectivity index (χ1v) is 9.40. The van der Waals surface area contributed by atoms with E-state index in [1.54, 1.807) is 17.0 Å². The number of rotatable bonds is 5. The Kier molecular flexibility index (Phi) is 5.97. The second-order valence-electron chi connectivity index (χ2n) is 8.02. The van der Waals surface area contributed by atoms with E-state index in [1.165, 1.54) is 12.1 Å². The molecule has 1 aliphatic heterocycles. The maximum absolute atomic E-state index is 13.1. The second-order valence-corrected chi connectivity index (χ2v) is 8.02. The first kappa shape index (κ1) is 19.9. The molecule has 0 spiro atoms. The Morgan fingerprint density at radius 2 is 1.86 bits per heavy atom. The molecule has 0 fully saturated rings. The van der Waals surface area contributed by atoms with E-state index >= 15 is 0 Å². The van der Waals surface area contributed by atoms with Crippen molar-refractivity contribution in [3.63, 3.8) is 0 Å². The van der Waals surface area contributed by atoms with Gasteiger partial charge >= 0.3 is 6.03 Å². The molecular formula is C22H26FN3O2. The average Bonchev–Trinajstić information content (AvgIpc) is 3.10. The van der Waals surface area contributed by atoms with Crippen LogP contribution < -0.4 is 5.32 Å². The van der Waals surface area contributed by atoms with Crippen molar-refractivity contribution in [3.8, 4) is 0 Å². The van der Waals surface area contributed by atoms with Crippen LogP contribution >= 0.6 is 0 Å². The normalized spacial score (nSPS) is 16.3. The van der Waals surface area contributed by atoms with E-state index in [0.717, 1.165) is 16.8 Å². The SMILES string of the molecule is CC(C)(C)NC(=O)N(Cc1ccccc1)C[C@@H]1CC(c2ccc(F)cc2)=NO1. The Morgan fingerprint density at radius 3 is 2.50 bits per heavy atom. The predicted molar refractivity (Wildman–Crippen MR) is 108 cm³/mol. The van der Waals surface area contributed by atoms with Gasteiger partial charge in [-0.15, -0.1) is 0 Å². The lowest BCUT2D eigenvalue weighted by Crippen LogP contribution is -2.50. The summed E-state index contributed by atoms with van der Waals surface area (Å²) in [5.41, 5.74) is 2.31. The number of halogens is 1.